The fourth-order valence-electron chi connectivity index (χ4n) is 33.1. The van der Waals surface area contributed by atoms with Crippen molar-refractivity contribution in [3.8, 4) is 0 Å². The molecule has 27 fully saturated rings. The number of ether oxygens (including phenoxy) is 11. The summed E-state index contributed by atoms with van der Waals surface area (Å²) in [4.78, 5) is 112. The standard InChI is InChI=1S/C39H48F2O10.C39H52F2O8.C18H15S.C14H21OS/c1-35(40,41)32(44)51-38-10-21-6-26(15-38)39(27(7-21)16-38)49-28(17-47-33(45)36-8-19-2-22(11-36)30(42)23(3-19)12-36)29(50-39)18-48-34(46)37-9-20-4-24(13-37)31(43)25(5-20)14-37;1-35(40,41)32(42)49-38-16-27-8-28(17-38)39(29(9-27)18-38)47-30(19-45-33(43)36-10-21-2-22(11-36)4-23(3-21)12-36)31(48-39)20-46-34(44)37-13-24-5-25(14-37)7-26(6-24)15-37;1-4-10-16(11-5-1)19(17-12-6-2-7-13-17)18-14-8-3-9-15-18;1-14(2,3)12-4-6-13(7-5-12)16-10-8-15-9-11-16/h19-29H,2-18H2,1H3;21-31H,2-20H2,1H3;1-15H;4-7H,8-11H2,1-3H3/q;;2*+1. The average Bonchev–Trinajstić information content (AvgIpc) is 1.60. The van der Waals surface area contributed by atoms with Gasteiger partial charge in [-0.05, 0) is 324 Å². The topological polar surface area (TPSA) is 238 Å². The number of ketones is 2. The van der Waals surface area contributed by atoms with Crippen LogP contribution in [0.5, 0.6) is 0 Å². The maximum Gasteiger partial charge on any atom is 0.377 e. The highest BCUT2D eigenvalue weighted by molar-refractivity contribution is 7.97. The number of carbonyl (C=O) groups excluding carboxylic acids is 8. The van der Waals surface area contributed by atoms with Crippen LogP contribution in [0.1, 0.15) is 246 Å². The van der Waals surface area contributed by atoms with Gasteiger partial charge >= 0.3 is 47.7 Å². The Kier molecular flexibility index (Phi) is 24.3. The number of rotatable bonds is 20. The van der Waals surface area contributed by atoms with Gasteiger partial charge in [0, 0.05) is 72.1 Å². The second-order valence-electron chi connectivity index (χ2n) is 48.1. The molecule has 3 aliphatic heterocycles. The Morgan fingerprint density at radius 2 is 0.615 bits per heavy atom. The van der Waals surface area contributed by atoms with Crippen molar-refractivity contribution in [3.05, 3.63) is 121 Å². The lowest BCUT2D eigenvalue weighted by atomic mass is 9.49. The number of Topliss-reactive ketones (excluding diaryl/α,β-unsaturated/α-hetero) is 2. The zero-order chi connectivity index (χ0) is 93.4. The molecule has 24 saturated carbocycles. The zero-order valence-corrected chi connectivity index (χ0v) is 80.7. The summed E-state index contributed by atoms with van der Waals surface area (Å²) in [6, 6.07) is 41.4. The molecule has 12 unspecified atom stereocenters. The van der Waals surface area contributed by atoms with Crippen LogP contribution in [0.25, 0.3) is 0 Å². The maximum atomic E-state index is 14.0. The van der Waals surface area contributed by atoms with Gasteiger partial charge in [0.1, 0.15) is 85.1 Å². The Balaban J connectivity index is 0.000000116. The third-order valence-corrected chi connectivity index (χ3v) is 41.8. The van der Waals surface area contributed by atoms with Crippen molar-refractivity contribution in [1.82, 2.24) is 0 Å². The summed E-state index contributed by atoms with van der Waals surface area (Å²) in [6.07, 6.45) is 22.8. The molecule has 0 N–H and O–H groups in total. The third kappa shape index (κ3) is 17.6. The van der Waals surface area contributed by atoms with E-state index >= 15 is 0 Å². The Morgan fingerprint density at radius 3 is 0.889 bits per heavy atom. The molecule has 4 aromatic carbocycles. The minimum atomic E-state index is -3.60. The summed E-state index contributed by atoms with van der Waals surface area (Å²) >= 11 is 0. The van der Waals surface area contributed by atoms with Crippen molar-refractivity contribution in [3.63, 3.8) is 0 Å². The normalized spacial score (nSPS) is 42.1. The maximum absolute atomic E-state index is 14.0. The van der Waals surface area contributed by atoms with Crippen LogP contribution in [-0.4, -0.2) is 158 Å². The van der Waals surface area contributed by atoms with Gasteiger partial charge in [-0.15, -0.1) is 0 Å². The summed E-state index contributed by atoms with van der Waals surface area (Å²) < 4.78 is 125. The lowest BCUT2D eigenvalue weighted by molar-refractivity contribution is -0.326. The molecular weight excluding hydrogens is 1770 g/mol. The number of carbonyl (C=O) groups is 8. The average molecular weight is 1900 g/mol. The van der Waals surface area contributed by atoms with Crippen molar-refractivity contribution in [1.29, 1.82) is 0 Å². The van der Waals surface area contributed by atoms with Crippen molar-refractivity contribution >= 4 is 69.2 Å². The first-order valence-corrected chi connectivity index (χ1v) is 54.3. The molecule has 25 heteroatoms. The highest BCUT2D eigenvalue weighted by atomic mass is 32.2. The van der Waals surface area contributed by atoms with Crippen LogP contribution < -0.4 is 0 Å². The van der Waals surface area contributed by atoms with E-state index in [0.717, 1.165) is 116 Å². The first-order valence-electron chi connectivity index (χ1n) is 51.5. The minimum Gasteiger partial charge on any atom is -0.462 e. The van der Waals surface area contributed by atoms with Crippen LogP contribution in [0.3, 0.4) is 0 Å². The van der Waals surface area contributed by atoms with Gasteiger partial charge in [-0.3, -0.25) is 28.8 Å². The zero-order valence-electron chi connectivity index (χ0n) is 79.0. The van der Waals surface area contributed by atoms with E-state index in [1.807, 2.05) is 0 Å². The van der Waals surface area contributed by atoms with Gasteiger partial charge in [-0.2, -0.15) is 17.6 Å². The van der Waals surface area contributed by atoms with E-state index in [1.54, 1.807) is 0 Å². The largest absolute Gasteiger partial charge is 0.462 e. The van der Waals surface area contributed by atoms with E-state index in [9.17, 15) is 55.9 Å². The minimum absolute atomic E-state index is 0.0146. The van der Waals surface area contributed by atoms with E-state index in [1.165, 1.54) is 75.2 Å². The molecule has 31 rings (SSSR count). The molecule has 135 heavy (non-hydrogen) atoms. The van der Waals surface area contributed by atoms with Gasteiger partial charge in [0.15, 0.2) is 31.2 Å². The fraction of sp³-hybridized carbons (Fsp3) is 0.709. The van der Waals surface area contributed by atoms with Gasteiger partial charge in [0.2, 0.25) is 0 Å². The monoisotopic (exact) mass is 1900 g/mol. The summed E-state index contributed by atoms with van der Waals surface area (Å²) in [7, 11) is 0.417. The molecule has 4 aromatic rings. The van der Waals surface area contributed by atoms with Crippen LogP contribution in [0.15, 0.2) is 135 Å². The smallest absolute Gasteiger partial charge is 0.377 e. The quantitative estimate of drug-likeness (QED) is 0.0346. The van der Waals surface area contributed by atoms with Gasteiger partial charge in [0.05, 0.1) is 45.8 Å². The number of hydrogen-bond acceptors (Lipinski definition) is 19. The molecule has 0 amide bonds. The van der Waals surface area contributed by atoms with Gasteiger partial charge < -0.3 is 52.1 Å². The molecule has 27 aliphatic rings. The van der Waals surface area contributed by atoms with E-state index in [2.05, 4.69) is 136 Å². The summed E-state index contributed by atoms with van der Waals surface area (Å²) in [5, 5.41) is 0. The van der Waals surface area contributed by atoms with Crippen molar-refractivity contribution in [2.45, 2.75) is 324 Å². The van der Waals surface area contributed by atoms with Crippen LogP contribution >= 0.6 is 0 Å². The molecular formula is C110H136F4O19S2+2. The Bertz CT molecular complexity index is 4760. The molecule has 12 atom stereocenters. The Hall–Kier alpha value is -6.74. The van der Waals surface area contributed by atoms with Crippen LogP contribution in [-0.2, 0) is 118 Å². The second-order valence-corrected chi connectivity index (χ2v) is 52.4. The molecule has 728 valence electrons. The lowest BCUT2D eigenvalue weighted by Gasteiger charge is -2.62. The molecule has 3 heterocycles. The lowest BCUT2D eigenvalue weighted by Crippen LogP contribution is -2.65. The first kappa shape index (κ1) is 93.2. The van der Waals surface area contributed by atoms with Gasteiger partial charge in [-0.1, -0.05) is 87.5 Å². The predicted molar refractivity (Wildman–Crippen MR) is 491 cm³/mol. The van der Waals surface area contributed by atoms with Gasteiger partial charge in [0.25, 0.3) is 0 Å². The second kappa shape index (κ2) is 35.1. The highest BCUT2D eigenvalue weighted by Gasteiger charge is 2.73. The van der Waals surface area contributed by atoms with E-state index < -0.39 is 92.6 Å². The summed E-state index contributed by atoms with van der Waals surface area (Å²) in [6.45, 7) is 9.67. The molecule has 0 aromatic heterocycles. The van der Waals surface area contributed by atoms with Crippen LogP contribution in [0.4, 0.5) is 17.6 Å². The van der Waals surface area contributed by atoms with Crippen molar-refractivity contribution in [2.24, 2.45) is 128 Å². The SMILES string of the molecule is CC(C)(C)c1ccc([S+]2CCOCC2)cc1.CC(F)(F)C(=O)OC12CC3CC(C1)C1(OC(COC(=O)C45CC6CC(C4)C(=O)C(C6)C5)C(COC(=O)C45CC6CC(C4)C(=O)C(C6)C5)O1)C(C3)C2.CC(F)(F)C(=O)OC12CC3CC(C1)C1(OC(COC(=O)C45CC6CC(CC(C6)C4)C5)C(COC(=O)C45CC6CC(CC(C6)C4)C5)O1)C(C3)C2.c1ccc([S+](c2ccccc2)c2ccccc2)cc1. The van der Waals surface area contributed by atoms with E-state index in [-0.39, 0.29) is 126 Å². The van der Waals surface area contributed by atoms with E-state index in [4.69, 9.17) is 52.1 Å². The van der Waals surface area contributed by atoms with Gasteiger partial charge in [-0.25, -0.2) is 9.59 Å². The van der Waals surface area contributed by atoms with E-state index in [0.29, 0.717) is 148 Å². The summed E-state index contributed by atoms with van der Waals surface area (Å²) in [5.41, 5.74) is -2.40. The molecule has 3 saturated heterocycles. The molecule has 0 radical (unpaired) electrons. The number of halogens is 4. The highest BCUT2D eigenvalue weighted by Crippen LogP contribution is 2.70. The number of esters is 6. The molecule has 19 nitrogen and oxygen atoms in total. The molecule has 24 bridgehead atoms. The molecule has 24 aliphatic carbocycles. The predicted octanol–water partition coefficient (Wildman–Crippen LogP) is 19.7. The Morgan fingerprint density at radius 1 is 0.348 bits per heavy atom. The number of hydrogen-bond donors (Lipinski definition) is 0. The molecule has 2 spiro atoms. The third-order valence-electron chi connectivity index (χ3n) is 37.3. The first-order chi connectivity index (χ1) is 64.5. The number of alkyl halides is 4. The van der Waals surface area contributed by atoms with Crippen LogP contribution in [0.2, 0.25) is 0 Å². The Labute approximate surface area is 796 Å². The fourth-order valence-corrected chi connectivity index (χ4v) is 37.1. The van der Waals surface area contributed by atoms with Crippen LogP contribution in [0, 0.1) is 128 Å². The summed E-state index contributed by atoms with van der Waals surface area (Å²) in [5.74, 6) is -6.42. The van der Waals surface area contributed by atoms with Crippen molar-refractivity contribution in [2.75, 3.05) is 51.1 Å². The van der Waals surface area contributed by atoms with Crippen molar-refractivity contribution < 1.29 is 108 Å². The number of benzene rings is 4.